The second-order valence-corrected chi connectivity index (χ2v) is 6.11. The summed E-state index contributed by atoms with van der Waals surface area (Å²) in [6.07, 6.45) is 2.07. The zero-order chi connectivity index (χ0) is 19.6. The van der Waals surface area contributed by atoms with E-state index in [1.165, 1.54) is 0 Å². The molecule has 6 nitrogen and oxygen atoms in total. The first-order valence-corrected chi connectivity index (χ1v) is 9.05. The fourth-order valence-electron chi connectivity index (χ4n) is 2.28. The van der Waals surface area contributed by atoms with Gasteiger partial charge in [-0.15, -0.1) is 0 Å². The molecule has 0 bridgehead atoms. The normalized spacial score (nSPS) is 10.0. The minimum absolute atomic E-state index is 0.162. The van der Waals surface area contributed by atoms with Gasteiger partial charge in [0.25, 0.3) is 5.91 Å². The molecule has 0 saturated carbocycles. The number of anilines is 1. The van der Waals surface area contributed by atoms with E-state index in [0.29, 0.717) is 29.4 Å². The minimum Gasteiger partial charge on any atom is -0.497 e. The van der Waals surface area contributed by atoms with E-state index in [1.54, 1.807) is 56.7 Å². The van der Waals surface area contributed by atoms with Crippen LogP contribution in [-0.2, 0) is 0 Å². The highest BCUT2D eigenvalue weighted by atomic mass is 32.1. The van der Waals surface area contributed by atoms with Crippen LogP contribution < -0.4 is 24.8 Å². The number of ether oxygens (including phenoxy) is 3. The summed E-state index contributed by atoms with van der Waals surface area (Å²) in [4.78, 5) is 12.4. The van der Waals surface area contributed by atoms with Crippen LogP contribution in [0.5, 0.6) is 17.2 Å². The molecule has 0 radical (unpaired) electrons. The maximum Gasteiger partial charge on any atom is 0.257 e. The number of rotatable bonds is 8. The van der Waals surface area contributed by atoms with Gasteiger partial charge in [-0.05, 0) is 55.0 Å². The van der Waals surface area contributed by atoms with Crippen LogP contribution in [0, 0.1) is 0 Å². The van der Waals surface area contributed by atoms with E-state index in [4.69, 9.17) is 26.4 Å². The zero-order valence-corrected chi connectivity index (χ0v) is 16.5. The lowest BCUT2D eigenvalue weighted by molar-refractivity contribution is 0.0977. The molecule has 0 atom stereocenters. The van der Waals surface area contributed by atoms with Gasteiger partial charge in [0.05, 0.1) is 26.5 Å². The maximum absolute atomic E-state index is 12.4. The molecule has 0 aliphatic carbocycles. The minimum atomic E-state index is -0.311. The number of amides is 1. The Bertz CT molecular complexity index is 778. The molecule has 2 N–H and O–H groups in total. The SMILES string of the molecule is CCCCOc1ccc(C(=O)NC(=S)Nc2cc(OC)ccc2OC)cc1. The number of unbranched alkanes of at least 4 members (excludes halogenated alkanes) is 1. The molecule has 2 rings (SSSR count). The first kappa shape index (κ1) is 20.5. The van der Waals surface area contributed by atoms with Gasteiger partial charge < -0.3 is 19.5 Å². The van der Waals surface area contributed by atoms with Crippen molar-refractivity contribution in [3.63, 3.8) is 0 Å². The highest BCUT2D eigenvalue weighted by Crippen LogP contribution is 2.28. The Morgan fingerprint density at radius 3 is 2.37 bits per heavy atom. The lowest BCUT2D eigenvalue weighted by atomic mass is 10.2. The average molecular weight is 388 g/mol. The molecule has 2 aromatic carbocycles. The van der Waals surface area contributed by atoms with Gasteiger partial charge in [0.1, 0.15) is 17.2 Å². The van der Waals surface area contributed by atoms with E-state index in [2.05, 4.69) is 17.6 Å². The van der Waals surface area contributed by atoms with E-state index < -0.39 is 0 Å². The van der Waals surface area contributed by atoms with Crippen molar-refractivity contribution in [1.82, 2.24) is 5.32 Å². The van der Waals surface area contributed by atoms with E-state index in [1.807, 2.05) is 0 Å². The topological polar surface area (TPSA) is 68.8 Å². The molecule has 7 heteroatoms. The Morgan fingerprint density at radius 2 is 1.74 bits per heavy atom. The molecule has 0 heterocycles. The quantitative estimate of drug-likeness (QED) is 0.526. The van der Waals surface area contributed by atoms with Crippen molar-refractivity contribution in [2.45, 2.75) is 19.8 Å². The summed E-state index contributed by atoms with van der Waals surface area (Å²) in [6.45, 7) is 2.77. The van der Waals surface area contributed by atoms with E-state index in [-0.39, 0.29) is 11.0 Å². The number of thiocarbonyl (C=S) groups is 1. The second-order valence-electron chi connectivity index (χ2n) is 5.70. The number of nitrogens with one attached hydrogen (secondary N) is 2. The predicted octanol–water partition coefficient (Wildman–Crippen LogP) is 4.01. The molecule has 0 aromatic heterocycles. The zero-order valence-electron chi connectivity index (χ0n) is 15.7. The predicted molar refractivity (Wildman–Crippen MR) is 110 cm³/mol. The molecular formula is C20H24N2O4S. The lowest BCUT2D eigenvalue weighted by Gasteiger charge is -2.14. The Labute approximate surface area is 164 Å². The third-order valence-corrected chi connectivity index (χ3v) is 3.97. The summed E-state index contributed by atoms with van der Waals surface area (Å²) in [5, 5.41) is 5.76. The van der Waals surface area contributed by atoms with E-state index in [9.17, 15) is 4.79 Å². The first-order chi connectivity index (χ1) is 13.1. The van der Waals surface area contributed by atoms with E-state index >= 15 is 0 Å². The van der Waals surface area contributed by atoms with Gasteiger partial charge in [0.15, 0.2) is 5.11 Å². The number of carbonyl (C=O) groups is 1. The summed E-state index contributed by atoms with van der Waals surface area (Å²) in [7, 11) is 3.13. The molecule has 0 spiro atoms. The van der Waals surface area contributed by atoms with Gasteiger partial charge in [-0.1, -0.05) is 13.3 Å². The Hall–Kier alpha value is -2.80. The van der Waals surface area contributed by atoms with Crippen molar-refractivity contribution >= 4 is 28.9 Å². The van der Waals surface area contributed by atoms with Crippen molar-refractivity contribution in [2.75, 3.05) is 26.1 Å². The van der Waals surface area contributed by atoms with Crippen LogP contribution in [0.3, 0.4) is 0 Å². The number of hydrogen-bond acceptors (Lipinski definition) is 5. The summed E-state index contributed by atoms with van der Waals surface area (Å²) < 4.78 is 16.1. The highest BCUT2D eigenvalue weighted by Gasteiger charge is 2.11. The molecule has 144 valence electrons. The van der Waals surface area contributed by atoms with Crippen LogP contribution in [0.1, 0.15) is 30.1 Å². The number of hydrogen-bond donors (Lipinski definition) is 2. The molecule has 0 fully saturated rings. The van der Waals surface area contributed by atoms with Crippen molar-refractivity contribution in [3.8, 4) is 17.2 Å². The Kier molecular flexibility index (Phi) is 7.88. The van der Waals surface area contributed by atoms with Crippen molar-refractivity contribution in [2.24, 2.45) is 0 Å². The molecule has 27 heavy (non-hydrogen) atoms. The summed E-state index contributed by atoms with van der Waals surface area (Å²) in [5.41, 5.74) is 1.08. The van der Waals surface area contributed by atoms with Crippen LogP contribution in [0.4, 0.5) is 5.69 Å². The number of methoxy groups -OCH3 is 2. The summed E-state index contributed by atoms with van der Waals surface area (Å²) in [6, 6.07) is 12.2. The molecule has 1 amide bonds. The monoisotopic (exact) mass is 388 g/mol. The van der Waals surface area contributed by atoms with Crippen LogP contribution in [0.25, 0.3) is 0 Å². The van der Waals surface area contributed by atoms with Gasteiger partial charge in [0.2, 0.25) is 0 Å². The van der Waals surface area contributed by atoms with E-state index in [0.717, 1.165) is 18.6 Å². The third-order valence-electron chi connectivity index (χ3n) is 3.77. The van der Waals surface area contributed by atoms with Crippen LogP contribution in [-0.4, -0.2) is 31.8 Å². The summed E-state index contributed by atoms with van der Waals surface area (Å²) in [5.74, 6) is 1.66. The molecule has 0 unspecified atom stereocenters. The van der Waals surface area contributed by atoms with Crippen LogP contribution >= 0.6 is 12.2 Å². The number of carbonyl (C=O) groups excluding carboxylic acids is 1. The Balaban J connectivity index is 1.96. The third kappa shape index (κ3) is 6.14. The van der Waals surface area contributed by atoms with Gasteiger partial charge in [-0.3, -0.25) is 10.1 Å². The fourth-order valence-corrected chi connectivity index (χ4v) is 2.48. The molecule has 0 aliphatic rings. The lowest BCUT2D eigenvalue weighted by Crippen LogP contribution is -2.34. The first-order valence-electron chi connectivity index (χ1n) is 8.64. The second kappa shape index (κ2) is 10.4. The fraction of sp³-hybridized carbons (Fsp3) is 0.300. The van der Waals surface area contributed by atoms with Gasteiger partial charge >= 0.3 is 0 Å². The molecule has 0 aliphatic heterocycles. The average Bonchev–Trinajstić information content (AvgIpc) is 2.68. The van der Waals surface area contributed by atoms with Crippen LogP contribution in [0.15, 0.2) is 42.5 Å². The summed E-state index contributed by atoms with van der Waals surface area (Å²) >= 11 is 5.23. The smallest absolute Gasteiger partial charge is 0.257 e. The standard InChI is InChI=1S/C20H24N2O4S/c1-4-5-12-26-15-8-6-14(7-9-15)19(23)22-20(27)21-17-13-16(24-2)10-11-18(17)25-3/h6-11,13H,4-5,12H2,1-3H3,(H2,21,22,23,27). The number of benzene rings is 2. The van der Waals surface area contributed by atoms with Crippen molar-refractivity contribution in [3.05, 3.63) is 48.0 Å². The van der Waals surface area contributed by atoms with Gasteiger partial charge in [0, 0.05) is 11.6 Å². The molecule has 0 saturated heterocycles. The van der Waals surface area contributed by atoms with Gasteiger partial charge in [-0.25, -0.2) is 0 Å². The largest absolute Gasteiger partial charge is 0.497 e. The van der Waals surface area contributed by atoms with Crippen molar-refractivity contribution in [1.29, 1.82) is 0 Å². The molecular weight excluding hydrogens is 364 g/mol. The molecule has 2 aromatic rings. The Morgan fingerprint density at radius 1 is 1.04 bits per heavy atom. The maximum atomic E-state index is 12.4. The van der Waals surface area contributed by atoms with Crippen molar-refractivity contribution < 1.29 is 19.0 Å². The highest BCUT2D eigenvalue weighted by molar-refractivity contribution is 7.80. The van der Waals surface area contributed by atoms with Gasteiger partial charge in [-0.2, -0.15) is 0 Å². The van der Waals surface area contributed by atoms with Crippen LogP contribution in [0.2, 0.25) is 0 Å².